The van der Waals surface area contributed by atoms with Gasteiger partial charge in [-0.05, 0) is 44.0 Å². The highest BCUT2D eigenvalue weighted by atomic mass is 35.5. The highest BCUT2D eigenvalue weighted by Crippen LogP contribution is 2.37. The van der Waals surface area contributed by atoms with E-state index in [0.717, 1.165) is 36.2 Å². The lowest BCUT2D eigenvalue weighted by molar-refractivity contribution is -0.150. The van der Waals surface area contributed by atoms with Crippen LogP contribution in [0.4, 0.5) is 0 Å². The molecule has 2 aromatic rings. The zero-order chi connectivity index (χ0) is 23.4. The van der Waals surface area contributed by atoms with Crippen molar-refractivity contribution in [2.45, 2.75) is 32.2 Å². The van der Waals surface area contributed by atoms with Gasteiger partial charge in [0.1, 0.15) is 0 Å². The smallest absolute Gasteiger partial charge is 0.310 e. The van der Waals surface area contributed by atoms with Gasteiger partial charge < -0.3 is 4.74 Å². The number of nitrogens with zero attached hydrogens (tertiary/aromatic N) is 3. The SMILES string of the molecule is CCOC(=O)[C@@H]1CCCN(CC(=O)N2N=C(c3ccccc3Cl)C[C@H]2c2ccccc2Cl)C1. The van der Waals surface area contributed by atoms with E-state index in [4.69, 9.17) is 33.0 Å². The molecule has 4 rings (SSSR count). The fourth-order valence-corrected chi connectivity index (χ4v) is 5.01. The van der Waals surface area contributed by atoms with Gasteiger partial charge in [0, 0.05) is 28.6 Å². The summed E-state index contributed by atoms with van der Waals surface area (Å²) in [6.45, 7) is 3.61. The van der Waals surface area contributed by atoms with Gasteiger partial charge in [0.2, 0.25) is 0 Å². The van der Waals surface area contributed by atoms with Gasteiger partial charge in [0.15, 0.2) is 0 Å². The van der Waals surface area contributed by atoms with Crippen LogP contribution < -0.4 is 0 Å². The van der Waals surface area contributed by atoms with E-state index in [0.29, 0.717) is 29.6 Å². The molecule has 6 nitrogen and oxygen atoms in total. The number of hydrazone groups is 1. The average molecular weight is 488 g/mol. The molecule has 0 unspecified atom stereocenters. The lowest BCUT2D eigenvalue weighted by Crippen LogP contribution is -2.44. The first-order valence-corrected chi connectivity index (χ1v) is 12.0. The number of halogens is 2. The van der Waals surface area contributed by atoms with Crippen LogP contribution in [-0.2, 0) is 14.3 Å². The van der Waals surface area contributed by atoms with Crippen LogP contribution >= 0.6 is 23.2 Å². The lowest BCUT2D eigenvalue weighted by atomic mass is 9.97. The van der Waals surface area contributed by atoms with Crippen LogP contribution in [0, 0.1) is 5.92 Å². The van der Waals surface area contributed by atoms with Gasteiger partial charge in [-0.3, -0.25) is 14.5 Å². The Morgan fingerprint density at radius 3 is 2.55 bits per heavy atom. The average Bonchev–Trinajstić information content (AvgIpc) is 3.25. The predicted molar refractivity (Wildman–Crippen MR) is 129 cm³/mol. The summed E-state index contributed by atoms with van der Waals surface area (Å²) in [5, 5.41) is 7.43. The number of amides is 1. The first kappa shape index (κ1) is 23.7. The van der Waals surface area contributed by atoms with E-state index >= 15 is 0 Å². The molecule has 33 heavy (non-hydrogen) atoms. The minimum Gasteiger partial charge on any atom is -0.466 e. The van der Waals surface area contributed by atoms with Crippen LogP contribution in [0.1, 0.15) is 43.4 Å². The Labute approximate surface area is 204 Å². The van der Waals surface area contributed by atoms with E-state index in [1.54, 1.807) is 6.92 Å². The molecule has 174 valence electrons. The standard InChI is InChI=1S/C25H27Cl2N3O3/c1-2-33-25(32)17-8-7-13-29(15-17)16-24(31)30-23(19-10-4-6-12-21(19)27)14-22(28-30)18-9-3-5-11-20(18)26/h3-6,9-12,17,23H,2,7-8,13-16H2,1H3/t17-,23+/m1/s1. The Morgan fingerprint density at radius 2 is 1.82 bits per heavy atom. The number of ether oxygens (including phenoxy) is 1. The Morgan fingerprint density at radius 1 is 1.09 bits per heavy atom. The van der Waals surface area contributed by atoms with Crippen molar-refractivity contribution in [2.75, 3.05) is 26.2 Å². The number of rotatable bonds is 6. The summed E-state index contributed by atoms with van der Waals surface area (Å²) < 4.78 is 5.19. The highest BCUT2D eigenvalue weighted by Gasteiger charge is 2.36. The number of carbonyl (C=O) groups is 2. The van der Waals surface area contributed by atoms with Gasteiger partial charge >= 0.3 is 5.97 Å². The molecule has 0 radical (unpaired) electrons. The molecule has 1 amide bonds. The molecule has 2 aromatic carbocycles. The van der Waals surface area contributed by atoms with E-state index in [1.165, 1.54) is 5.01 Å². The summed E-state index contributed by atoms with van der Waals surface area (Å²) in [5.41, 5.74) is 2.41. The monoisotopic (exact) mass is 487 g/mol. The molecule has 8 heteroatoms. The van der Waals surface area contributed by atoms with E-state index in [2.05, 4.69) is 0 Å². The van der Waals surface area contributed by atoms with Gasteiger partial charge in [-0.25, -0.2) is 5.01 Å². The maximum absolute atomic E-state index is 13.5. The van der Waals surface area contributed by atoms with Gasteiger partial charge in [0.25, 0.3) is 5.91 Å². The van der Waals surface area contributed by atoms with Gasteiger partial charge in [0.05, 0.1) is 30.8 Å². The normalized spacial score (nSPS) is 21.1. The number of piperidine rings is 1. The van der Waals surface area contributed by atoms with Crippen molar-refractivity contribution in [1.82, 2.24) is 9.91 Å². The molecular formula is C25H27Cl2N3O3. The van der Waals surface area contributed by atoms with Crippen molar-refractivity contribution in [3.8, 4) is 0 Å². The van der Waals surface area contributed by atoms with Crippen molar-refractivity contribution in [2.24, 2.45) is 11.0 Å². The lowest BCUT2D eigenvalue weighted by Gasteiger charge is -2.32. The summed E-state index contributed by atoms with van der Waals surface area (Å²) in [6, 6.07) is 14.7. The highest BCUT2D eigenvalue weighted by molar-refractivity contribution is 6.34. The van der Waals surface area contributed by atoms with E-state index < -0.39 is 0 Å². The minimum absolute atomic E-state index is 0.133. The van der Waals surface area contributed by atoms with E-state index in [9.17, 15) is 9.59 Å². The van der Waals surface area contributed by atoms with Crippen molar-refractivity contribution in [3.63, 3.8) is 0 Å². The molecule has 1 fully saturated rings. The zero-order valence-corrected chi connectivity index (χ0v) is 20.1. The zero-order valence-electron chi connectivity index (χ0n) is 18.5. The van der Waals surface area contributed by atoms with E-state index in [-0.39, 0.29) is 30.4 Å². The van der Waals surface area contributed by atoms with Crippen LogP contribution in [0.15, 0.2) is 53.6 Å². The van der Waals surface area contributed by atoms with Gasteiger partial charge in [-0.15, -0.1) is 0 Å². The molecule has 2 aliphatic heterocycles. The third kappa shape index (κ3) is 5.40. The van der Waals surface area contributed by atoms with Crippen molar-refractivity contribution < 1.29 is 14.3 Å². The second-order valence-electron chi connectivity index (χ2n) is 8.33. The number of likely N-dealkylation sites (tertiary alicyclic amines) is 1. The molecule has 2 aliphatic rings. The number of benzene rings is 2. The Hall–Kier alpha value is -2.41. The Kier molecular flexibility index (Phi) is 7.68. The third-order valence-electron chi connectivity index (χ3n) is 6.10. The second-order valence-corrected chi connectivity index (χ2v) is 9.15. The molecule has 0 aliphatic carbocycles. The minimum atomic E-state index is -0.317. The fourth-order valence-electron chi connectivity index (χ4n) is 4.50. The summed E-state index contributed by atoms with van der Waals surface area (Å²) in [6.07, 6.45) is 2.15. The largest absolute Gasteiger partial charge is 0.466 e. The van der Waals surface area contributed by atoms with Crippen molar-refractivity contribution in [3.05, 3.63) is 69.7 Å². The topological polar surface area (TPSA) is 62.2 Å². The first-order chi connectivity index (χ1) is 16.0. The van der Waals surface area contributed by atoms with Crippen LogP contribution in [-0.4, -0.2) is 53.7 Å². The number of carbonyl (C=O) groups excluding carboxylic acids is 2. The Bertz CT molecular complexity index is 1060. The molecule has 0 bridgehead atoms. The summed E-state index contributed by atoms with van der Waals surface area (Å²) >= 11 is 12.9. The quantitative estimate of drug-likeness (QED) is 0.540. The maximum atomic E-state index is 13.5. The van der Waals surface area contributed by atoms with Crippen molar-refractivity contribution >= 4 is 40.8 Å². The molecule has 0 N–H and O–H groups in total. The summed E-state index contributed by atoms with van der Waals surface area (Å²) in [4.78, 5) is 27.7. The number of hydrogen-bond donors (Lipinski definition) is 0. The third-order valence-corrected chi connectivity index (χ3v) is 6.77. The second kappa shape index (κ2) is 10.7. The molecule has 0 aromatic heterocycles. The summed E-state index contributed by atoms with van der Waals surface area (Å²) in [7, 11) is 0. The van der Waals surface area contributed by atoms with Crippen LogP contribution in [0.25, 0.3) is 0 Å². The van der Waals surface area contributed by atoms with Gasteiger partial charge in [-0.2, -0.15) is 5.10 Å². The molecule has 2 atom stereocenters. The molecule has 0 spiro atoms. The number of hydrogen-bond acceptors (Lipinski definition) is 5. The predicted octanol–water partition coefficient (Wildman–Crippen LogP) is 4.95. The van der Waals surface area contributed by atoms with Crippen molar-refractivity contribution in [1.29, 1.82) is 0 Å². The molecule has 0 saturated carbocycles. The fraction of sp³-hybridized carbons (Fsp3) is 0.400. The maximum Gasteiger partial charge on any atom is 0.310 e. The molecular weight excluding hydrogens is 461 g/mol. The van der Waals surface area contributed by atoms with Gasteiger partial charge in [-0.1, -0.05) is 59.6 Å². The van der Waals surface area contributed by atoms with Crippen LogP contribution in [0.3, 0.4) is 0 Å². The van der Waals surface area contributed by atoms with Crippen LogP contribution in [0.2, 0.25) is 10.0 Å². The van der Waals surface area contributed by atoms with E-state index in [1.807, 2.05) is 53.4 Å². The first-order valence-electron chi connectivity index (χ1n) is 11.3. The van der Waals surface area contributed by atoms with Crippen LogP contribution in [0.5, 0.6) is 0 Å². The number of esters is 1. The summed E-state index contributed by atoms with van der Waals surface area (Å²) in [5.74, 6) is -0.526. The molecule has 1 saturated heterocycles. The Balaban J connectivity index is 1.56. The molecule has 2 heterocycles.